The van der Waals surface area contributed by atoms with Crippen molar-refractivity contribution in [3.8, 4) is 0 Å². The number of amides is 1. The van der Waals surface area contributed by atoms with Gasteiger partial charge in [-0.25, -0.2) is 4.79 Å². The number of methoxy groups -OCH3 is 1. The largest absolute Gasteiger partial charge is 0.444 e. The quantitative estimate of drug-likeness (QED) is 0.742. The van der Waals surface area contributed by atoms with Gasteiger partial charge in [-0.3, -0.25) is 0 Å². The van der Waals surface area contributed by atoms with Crippen molar-refractivity contribution in [2.24, 2.45) is 0 Å². The molecular weight excluding hydrogens is 338 g/mol. The summed E-state index contributed by atoms with van der Waals surface area (Å²) in [5, 5.41) is 3.02. The SMILES string of the molecule is CO[C@H]1C[C@@H](CO[Si](C)(C)C(C)(C)C)OC[C@@H]1NC(=O)OC(C)(C)C. The van der Waals surface area contributed by atoms with Gasteiger partial charge in [-0.2, -0.15) is 0 Å². The van der Waals surface area contributed by atoms with Gasteiger partial charge in [-0.15, -0.1) is 0 Å². The molecule has 0 aromatic heterocycles. The van der Waals surface area contributed by atoms with Gasteiger partial charge in [0.05, 0.1) is 31.5 Å². The molecule has 1 amide bonds. The van der Waals surface area contributed by atoms with E-state index in [9.17, 15) is 4.79 Å². The Bertz CT molecular complexity index is 442. The van der Waals surface area contributed by atoms with E-state index in [1.54, 1.807) is 7.11 Å². The summed E-state index contributed by atoms with van der Waals surface area (Å²) in [6.07, 6.45) is 0.107. The summed E-state index contributed by atoms with van der Waals surface area (Å²) in [6, 6.07) is -0.219. The molecule has 0 bridgehead atoms. The molecule has 25 heavy (non-hydrogen) atoms. The van der Waals surface area contributed by atoms with E-state index < -0.39 is 20.0 Å². The van der Waals surface area contributed by atoms with Crippen LogP contribution in [0.4, 0.5) is 4.79 Å². The average molecular weight is 376 g/mol. The summed E-state index contributed by atoms with van der Waals surface area (Å²) in [5.74, 6) is 0. The second-order valence-electron chi connectivity index (χ2n) is 9.29. The third kappa shape index (κ3) is 7.25. The Balaban J connectivity index is 2.54. The molecule has 1 saturated heterocycles. The number of carbonyl (C=O) groups is 1. The van der Waals surface area contributed by atoms with Crippen LogP contribution in [0.2, 0.25) is 18.1 Å². The average Bonchev–Trinajstić information content (AvgIpc) is 2.43. The smallest absolute Gasteiger partial charge is 0.408 e. The van der Waals surface area contributed by atoms with Gasteiger partial charge in [0.1, 0.15) is 5.60 Å². The fourth-order valence-electron chi connectivity index (χ4n) is 2.33. The highest BCUT2D eigenvalue weighted by Gasteiger charge is 2.39. The molecule has 6 nitrogen and oxygen atoms in total. The lowest BCUT2D eigenvalue weighted by atomic mass is 10.0. The number of carbonyl (C=O) groups excluding carboxylic acids is 1. The Morgan fingerprint density at radius 3 is 2.28 bits per heavy atom. The first kappa shape index (κ1) is 22.4. The topological polar surface area (TPSA) is 66.0 Å². The summed E-state index contributed by atoms with van der Waals surface area (Å²) in [4.78, 5) is 12.0. The first-order chi connectivity index (χ1) is 11.2. The van der Waals surface area contributed by atoms with Crippen LogP contribution in [-0.4, -0.2) is 58.6 Å². The highest BCUT2D eigenvalue weighted by atomic mass is 28.4. The highest BCUT2D eigenvalue weighted by molar-refractivity contribution is 6.74. The third-order valence-corrected chi connectivity index (χ3v) is 9.40. The highest BCUT2D eigenvalue weighted by Crippen LogP contribution is 2.37. The monoisotopic (exact) mass is 375 g/mol. The maximum Gasteiger partial charge on any atom is 0.408 e. The minimum atomic E-state index is -1.80. The van der Waals surface area contributed by atoms with Crippen molar-refractivity contribution in [3.63, 3.8) is 0 Å². The molecule has 0 aromatic rings. The Morgan fingerprint density at radius 2 is 1.80 bits per heavy atom. The van der Waals surface area contributed by atoms with Crippen molar-refractivity contribution in [1.29, 1.82) is 0 Å². The van der Waals surface area contributed by atoms with E-state index in [-0.39, 0.29) is 23.3 Å². The molecule has 0 unspecified atom stereocenters. The van der Waals surface area contributed by atoms with Gasteiger partial charge >= 0.3 is 6.09 Å². The molecule has 0 saturated carbocycles. The van der Waals surface area contributed by atoms with E-state index in [1.807, 2.05) is 20.8 Å². The van der Waals surface area contributed by atoms with Gasteiger partial charge in [0.2, 0.25) is 0 Å². The molecular formula is C18H37NO5Si. The number of hydrogen-bond donors (Lipinski definition) is 1. The van der Waals surface area contributed by atoms with E-state index in [0.29, 0.717) is 19.6 Å². The third-order valence-electron chi connectivity index (χ3n) is 4.90. The van der Waals surface area contributed by atoms with Gasteiger partial charge in [-0.05, 0) is 38.9 Å². The molecule has 1 rings (SSSR count). The van der Waals surface area contributed by atoms with Crippen molar-refractivity contribution >= 4 is 14.4 Å². The maximum atomic E-state index is 12.0. The van der Waals surface area contributed by atoms with E-state index in [2.05, 4.69) is 39.2 Å². The fraction of sp³-hybridized carbons (Fsp3) is 0.944. The van der Waals surface area contributed by atoms with Crippen LogP contribution >= 0.6 is 0 Å². The van der Waals surface area contributed by atoms with Crippen LogP contribution in [0.3, 0.4) is 0 Å². The molecule has 0 radical (unpaired) electrons. The Morgan fingerprint density at radius 1 is 1.20 bits per heavy atom. The van der Waals surface area contributed by atoms with Crippen LogP contribution in [0.1, 0.15) is 48.0 Å². The zero-order valence-electron chi connectivity index (χ0n) is 17.4. The van der Waals surface area contributed by atoms with Crippen LogP contribution in [-0.2, 0) is 18.6 Å². The van der Waals surface area contributed by atoms with Crippen LogP contribution < -0.4 is 5.32 Å². The van der Waals surface area contributed by atoms with Crippen LogP contribution in [0.15, 0.2) is 0 Å². The van der Waals surface area contributed by atoms with Crippen molar-refractivity contribution in [2.45, 2.75) is 89.9 Å². The van der Waals surface area contributed by atoms with Crippen molar-refractivity contribution < 1.29 is 23.4 Å². The minimum absolute atomic E-state index is 0.0178. The van der Waals surface area contributed by atoms with Crippen LogP contribution in [0, 0.1) is 0 Å². The lowest BCUT2D eigenvalue weighted by Gasteiger charge is -2.40. The first-order valence-corrected chi connectivity index (χ1v) is 11.9. The number of hydrogen-bond acceptors (Lipinski definition) is 5. The number of ether oxygens (including phenoxy) is 3. The summed E-state index contributed by atoms with van der Waals surface area (Å²) in [7, 11) is -0.143. The standard InChI is InChI=1S/C18H37NO5Si/c1-17(2,3)24-16(20)19-14-12-22-13(10-15(14)21-7)11-23-25(8,9)18(4,5)6/h13-15H,10-12H2,1-9H3,(H,19,20)/t13-,14-,15-/m0/s1. The minimum Gasteiger partial charge on any atom is -0.444 e. The van der Waals surface area contributed by atoms with Crippen molar-refractivity contribution in [2.75, 3.05) is 20.3 Å². The van der Waals surface area contributed by atoms with Gasteiger partial charge in [0, 0.05) is 13.5 Å². The van der Waals surface area contributed by atoms with E-state index in [1.165, 1.54) is 0 Å². The van der Waals surface area contributed by atoms with Gasteiger partial charge < -0.3 is 24.0 Å². The molecule has 1 fully saturated rings. The van der Waals surface area contributed by atoms with E-state index in [0.717, 1.165) is 0 Å². The van der Waals surface area contributed by atoms with Crippen molar-refractivity contribution in [1.82, 2.24) is 5.32 Å². The molecule has 1 aliphatic heterocycles. The lowest BCUT2D eigenvalue weighted by molar-refractivity contribution is -0.0934. The second kappa shape index (κ2) is 8.37. The van der Waals surface area contributed by atoms with Gasteiger partial charge in [0.15, 0.2) is 8.32 Å². The Labute approximate surface area is 154 Å². The maximum absolute atomic E-state index is 12.0. The van der Waals surface area contributed by atoms with Crippen molar-refractivity contribution in [3.05, 3.63) is 0 Å². The van der Waals surface area contributed by atoms with E-state index in [4.69, 9.17) is 18.6 Å². The molecule has 0 spiro atoms. The summed E-state index contributed by atoms with van der Waals surface area (Å²) in [5.41, 5.74) is -0.526. The summed E-state index contributed by atoms with van der Waals surface area (Å²) in [6.45, 7) is 17.6. The molecule has 0 aromatic carbocycles. The molecule has 1 aliphatic rings. The predicted octanol–water partition coefficient (Wildman–Crippen LogP) is 3.71. The van der Waals surface area contributed by atoms with Gasteiger partial charge in [-0.1, -0.05) is 20.8 Å². The van der Waals surface area contributed by atoms with Gasteiger partial charge in [0.25, 0.3) is 0 Å². The van der Waals surface area contributed by atoms with Crippen LogP contribution in [0.25, 0.3) is 0 Å². The summed E-state index contributed by atoms with van der Waals surface area (Å²) >= 11 is 0. The molecule has 1 heterocycles. The zero-order valence-corrected chi connectivity index (χ0v) is 18.4. The molecule has 148 valence electrons. The predicted molar refractivity (Wildman–Crippen MR) is 101 cm³/mol. The second-order valence-corrected chi connectivity index (χ2v) is 14.1. The normalized spacial score (nSPS) is 25.6. The zero-order chi connectivity index (χ0) is 19.5. The number of rotatable bonds is 5. The fourth-order valence-corrected chi connectivity index (χ4v) is 3.36. The molecule has 3 atom stereocenters. The Hall–Kier alpha value is -0.633. The molecule has 7 heteroatoms. The number of alkyl carbamates (subject to hydrolysis) is 1. The Kier molecular flexibility index (Phi) is 7.50. The van der Waals surface area contributed by atoms with Crippen LogP contribution in [0.5, 0.6) is 0 Å². The van der Waals surface area contributed by atoms with E-state index >= 15 is 0 Å². The number of nitrogens with one attached hydrogen (secondary N) is 1. The molecule has 0 aliphatic carbocycles. The molecule has 1 N–H and O–H groups in total. The first-order valence-electron chi connectivity index (χ1n) is 9.03. The summed E-state index contributed by atoms with van der Waals surface area (Å²) < 4.78 is 23.0. The lowest BCUT2D eigenvalue weighted by Crippen LogP contribution is -2.54.